The van der Waals surface area contributed by atoms with E-state index in [1.807, 2.05) is 43.3 Å². The van der Waals surface area contributed by atoms with Crippen LogP contribution in [0, 0.1) is 6.92 Å². The monoisotopic (exact) mass is 475 g/mol. The molecule has 7 heteroatoms. The number of methoxy groups -OCH3 is 2. The van der Waals surface area contributed by atoms with Gasteiger partial charge in [0.15, 0.2) is 23.9 Å². The molecule has 0 spiro atoms. The number of hydrogen-bond donors (Lipinski definition) is 0. The van der Waals surface area contributed by atoms with E-state index in [1.54, 1.807) is 30.3 Å². The molecule has 0 fully saturated rings. The maximum Gasteiger partial charge on any atom is 0.339 e. The van der Waals surface area contributed by atoms with Gasteiger partial charge in [0.2, 0.25) is 0 Å². The van der Waals surface area contributed by atoms with Crippen molar-refractivity contribution < 1.29 is 23.8 Å². The van der Waals surface area contributed by atoms with E-state index < -0.39 is 12.6 Å². The summed E-state index contributed by atoms with van der Waals surface area (Å²) in [7, 11) is 3.00. The quantitative estimate of drug-likeness (QED) is 0.244. The molecule has 172 valence electrons. The number of ether oxygens (including phenoxy) is 3. The maximum atomic E-state index is 13.2. The van der Waals surface area contributed by atoms with Crippen LogP contribution in [0.4, 0.5) is 0 Å². The fourth-order valence-corrected chi connectivity index (χ4v) is 3.97. The Labute approximate surface area is 202 Å². The van der Waals surface area contributed by atoms with Gasteiger partial charge in [-0.15, -0.1) is 0 Å². The van der Waals surface area contributed by atoms with Gasteiger partial charge in [0, 0.05) is 21.5 Å². The van der Waals surface area contributed by atoms with Crippen LogP contribution in [0.25, 0.3) is 22.2 Å². The summed E-state index contributed by atoms with van der Waals surface area (Å²) < 4.78 is 15.9. The number of pyridine rings is 1. The van der Waals surface area contributed by atoms with Crippen molar-refractivity contribution in [3.63, 3.8) is 0 Å². The molecule has 34 heavy (non-hydrogen) atoms. The van der Waals surface area contributed by atoms with Gasteiger partial charge in [-0.1, -0.05) is 41.9 Å². The van der Waals surface area contributed by atoms with Gasteiger partial charge < -0.3 is 14.2 Å². The van der Waals surface area contributed by atoms with Gasteiger partial charge in [-0.25, -0.2) is 9.78 Å². The van der Waals surface area contributed by atoms with Crippen molar-refractivity contribution >= 4 is 34.3 Å². The summed E-state index contributed by atoms with van der Waals surface area (Å²) in [6.45, 7) is 1.39. The molecule has 0 aliphatic rings. The Balaban J connectivity index is 1.66. The minimum absolute atomic E-state index is 0.348. The van der Waals surface area contributed by atoms with E-state index >= 15 is 0 Å². The van der Waals surface area contributed by atoms with Crippen molar-refractivity contribution in [2.75, 3.05) is 20.8 Å². The van der Waals surface area contributed by atoms with Gasteiger partial charge in [0.05, 0.1) is 31.0 Å². The van der Waals surface area contributed by atoms with E-state index in [2.05, 4.69) is 0 Å². The predicted octanol–water partition coefficient (Wildman–Crippen LogP) is 5.92. The number of Topliss-reactive ketones (excluding diaryl/α,β-unsaturated/α-hetero) is 1. The normalized spacial score (nSPS) is 10.7. The molecule has 0 atom stereocenters. The van der Waals surface area contributed by atoms with Crippen LogP contribution in [0.3, 0.4) is 0 Å². The molecule has 0 bridgehead atoms. The predicted molar refractivity (Wildman–Crippen MR) is 131 cm³/mol. The topological polar surface area (TPSA) is 74.7 Å². The lowest BCUT2D eigenvalue weighted by Crippen LogP contribution is -2.16. The Bertz CT molecular complexity index is 1400. The first-order valence-corrected chi connectivity index (χ1v) is 10.9. The molecular formula is C27H22ClNO5. The van der Waals surface area contributed by atoms with E-state index in [4.69, 9.17) is 30.8 Å². The minimum atomic E-state index is -0.604. The van der Waals surface area contributed by atoms with Crippen LogP contribution in [-0.2, 0) is 4.74 Å². The molecule has 1 heterocycles. The van der Waals surface area contributed by atoms with Crippen molar-refractivity contribution in [3.8, 4) is 22.8 Å². The number of carbonyl (C=O) groups is 2. The zero-order valence-electron chi connectivity index (χ0n) is 18.9. The average molecular weight is 476 g/mol. The van der Waals surface area contributed by atoms with Gasteiger partial charge in [0.25, 0.3) is 0 Å². The Morgan fingerprint density at radius 2 is 1.68 bits per heavy atom. The first kappa shape index (κ1) is 23.3. The molecule has 0 saturated heterocycles. The summed E-state index contributed by atoms with van der Waals surface area (Å²) in [4.78, 5) is 30.7. The Kier molecular flexibility index (Phi) is 6.80. The van der Waals surface area contributed by atoms with Gasteiger partial charge in [-0.05, 0) is 48.9 Å². The van der Waals surface area contributed by atoms with Crippen molar-refractivity contribution in [2.24, 2.45) is 0 Å². The number of benzene rings is 3. The fourth-order valence-electron chi connectivity index (χ4n) is 3.78. The van der Waals surface area contributed by atoms with E-state index in [1.165, 1.54) is 14.2 Å². The smallest absolute Gasteiger partial charge is 0.339 e. The molecule has 6 nitrogen and oxygen atoms in total. The largest absolute Gasteiger partial charge is 0.493 e. The van der Waals surface area contributed by atoms with Crippen molar-refractivity contribution in [1.29, 1.82) is 0 Å². The summed E-state index contributed by atoms with van der Waals surface area (Å²) in [6, 6.07) is 19.4. The standard InChI is InChI=1S/C27H22ClNO5/c1-16-25(27(31)34-15-22(30)17-11-12-23(32-2)24(14-17)33-3)20-9-4-5-10-21(20)29-26(16)18-7-6-8-19(28)13-18/h4-14H,15H2,1-3H3. The molecule has 4 aromatic rings. The van der Waals surface area contributed by atoms with E-state index in [-0.39, 0.29) is 5.78 Å². The van der Waals surface area contributed by atoms with Crippen LogP contribution in [0.5, 0.6) is 11.5 Å². The molecule has 1 aromatic heterocycles. The van der Waals surface area contributed by atoms with Gasteiger partial charge in [-0.3, -0.25) is 4.79 Å². The lowest BCUT2D eigenvalue weighted by molar-refractivity contribution is 0.0476. The molecule has 0 aliphatic heterocycles. The van der Waals surface area contributed by atoms with Crippen LogP contribution in [0.2, 0.25) is 5.02 Å². The van der Waals surface area contributed by atoms with Gasteiger partial charge in [0.1, 0.15) is 0 Å². The molecule has 0 unspecified atom stereocenters. The summed E-state index contributed by atoms with van der Waals surface area (Å²) in [5, 5.41) is 1.21. The SMILES string of the molecule is COc1ccc(C(=O)COC(=O)c2c(C)c(-c3cccc(Cl)c3)nc3ccccc23)cc1OC. The molecular weight excluding hydrogens is 454 g/mol. The second-order valence-corrected chi connectivity index (χ2v) is 7.99. The number of rotatable bonds is 7. The highest BCUT2D eigenvalue weighted by Crippen LogP contribution is 2.32. The summed E-state index contributed by atoms with van der Waals surface area (Å²) in [5.41, 5.74) is 3.40. The first-order chi connectivity index (χ1) is 16.4. The van der Waals surface area contributed by atoms with E-state index in [0.717, 1.165) is 5.56 Å². The van der Waals surface area contributed by atoms with Gasteiger partial charge >= 0.3 is 5.97 Å². The molecule has 0 saturated carbocycles. The van der Waals surface area contributed by atoms with Crippen molar-refractivity contribution in [2.45, 2.75) is 6.92 Å². The number of fused-ring (bicyclic) bond motifs is 1. The number of hydrogen-bond acceptors (Lipinski definition) is 6. The molecule has 0 N–H and O–H groups in total. The number of esters is 1. The maximum absolute atomic E-state index is 13.2. The fraction of sp³-hybridized carbons (Fsp3) is 0.148. The summed E-state index contributed by atoms with van der Waals surface area (Å²) >= 11 is 6.18. The van der Waals surface area contributed by atoms with E-state index in [9.17, 15) is 9.59 Å². The Morgan fingerprint density at radius 3 is 2.41 bits per heavy atom. The first-order valence-electron chi connectivity index (χ1n) is 10.5. The number of ketones is 1. The molecule has 3 aromatic carbocycles. The number of halogens is 1. The van der Waals surface area contributed by atoms with Crippen LogP contribution in [-0.4, -0.2) is 37.6 Å². The van der Waals surface area contributed by atoms with Crippen LogP contribution >= 0.6 is 11.6 Å². The van der Waals surface area contributed by atoms with Crippen molar-refractivity contribution in [1.82, 2.24) is 4.98 Å². The second-order valence-electron chi connectivity index (χ2n) is 7.56. The van der Waals surface area contributed by atoms with E-state index in [0.29, 0.717) is 49.8 Å². The zero-order chi connectivity index (χ0) is 24.2. The Hall–Kier alpha value is -3.90. The number of nitrogens with zero attached hydrogens (tertiary/aromatic N) is 1. The minimum Gasteiger partial charge on any atom is -0.493 e. The molecule has 0 aliphatic carbocycles. The van der Waals surface area contributed by atoms with Gasteiger partial charge in [-0.2, -0.15) is 0 Å². The second kappa shape index (κ2) is 9.93. The zero-order valence-corrected chi connectivity index (χ0v) is 19.7. The highest BCUT2D eigenvalue weighted by atomic mass is 35.5. The number of para-hydroxylation sites is 1. The molecule has 4 rings (SSSR count). The molecule has 0 amide bonds. The van der Waals surface area contributed by atoms with Crippen LogP contribution < -0.4 is 9.47 Å². The average Bonchev–Trinajstić information content (AvgIpc) is 2.86. The molecule has 0 radical (unpaired) electrons. The lowest BCUT2D eigenvalue weighted by atomic mass is 9.98. The third-order valence-corrected chi connectivity index (χ3v) is 5.71. The summed E-state index contributed by atoms with van der Waals surface area (Å²) in [6.07, 6.45) is 0. The van der Waals surface area contributed by atoms with Crippen LogP contribution in [0.15, 0.2) is 66.7 Å². The highest BCUT2D eigenvalue weighted by molar-refractivity contribution is 6.30. The third-order valence-electron chi connectivity index (χ3n) is 5.48. The Morgan fingerprint density at radius 1 is 0.912 bits per heavy atom. The third kappa shape index (κ3) is 4.58. The van der Waals surface area contributed by atoms with Crippen molar-refractivity contribution in [3.05, 3.63) is 88.4 Å². The highest BCUT2D eigenvalue weighted by Gasteiger charge is 2.21. The van der Waals surface area contributed by atoms with Crippen LogP contribution in [0.1, 0.15) is 26.3 Å². The number of carbonyl (C=O) groups excluding carboxylic acids is 2. The summed E-state index contributed by atoms with van der Waals surface area (Å²) in [5.74, 6) is -0.0427. The number of aromatic nitrogens is 1. The lowest BCUT2D eigenvalue weighted by Gasteiger charge is -2.14.